The Labute approximate surface area is 194 Å². The Hall–Kier alpha value is -3.04. The summed E-state index contributed by atoms with van der Waals surface area (Å²) in [6.45, 7) is 6.20. The summed E-state index contributed by atoms with van der Waals surface area (Å²) in [5.41, 5.74) is 0.675. The number of benzene rings is 2. The van der Waals surface area contributed by atoms with E-state index in [0.717, 1.165) is 0 Å². The van der Waals surface area contributed by atoms with Crippen molar-refractivity contribution in [3.63, 3.8) is 0 Å². The van der Waals surface area contributed by atoms with Crippen LogP contribution in [-0.4, -0.2) is 37.0 Å². The van der Waals surface area contributed by atoms with Gasteiger partial charge in [-0.15, -0.1) is 10.2 Å². The zero-order valence-electron chi connectivity index (χ0n) is 17.8. The molecule has 0 aliphatic rings. The molecule has 2 aromatic carbocycles. The molecule has 0 spiro atoms. The molecule has 0 saturated heterocycles. The molecule has 2 atom stereocenters. The first-order valence-corrected chi connectivity index (χ1v) is 11.2. The minimum Gasteiger partial charge on any atom is -0.481 e. The molecule has 3 rings (SSSR count). The van der Waals surface area contributed by atoms with Gasteiger partial charge in [0.15, 0.2) is 17.1 Å². The highest BCUT2D eigenvalue weighted by Gasteiger charge is 2.23. The number of anilines is 1. The summed E-state index contributed by atoms with van der Waals surface area (Å²) < 4.78 is 7.86. The summed E-state index contributed by atoms with van der Waals surface area (Å²) in [7, 11) is 0. The van der Waals surface area contributed by atoms with Gasteiger partial charge in [0.2, 0.25) is 5.91 Å². The van der Waals surface area contributed by atoms with E-state index in [2.05, 4.69) is 15.5 Å². The molecule has 0 saturated carbocycles. The van der Waals surface area contributed by atoms with Gasteiger partial charge in [0, 0.05) is 12.2 Å². The van der Waals surface area contributed by atoms with Crippen LogP contribution >= 0.6 is 23.4 Å². The highest BCUT2D eigenvalue weighted by Crippen LogP contribution is 2.30. The Morgan fingerprint density at radius 2 is 1.84 bits per heavy atom. The molecule has 0 radical (unpaired) electrons. The molecule has 1 aromatic heterocycles. The maximum absolute atomic E-state index is 12.6. The number of carbonyl (C=O) groups is 2. The number of hydrogen-bond donors (Lipinski definition) is 2. The maximum Gasteiger partial charge on any atom is 0.335 e. The topological polar surface area (TPSA) is 106 Å². The number of carboxylic acids is 1. The van der Waals surface area contributed by atoms with Gasteiger partial charge in [0.1, 0.15) is 5.75 Å². The summed E-state index contributed by atoms with van der Waals surface area (Å²) in [6, 6.07) is 13.2. The van der Waals surface area contributed by atoms with E-state index in [4.69, 9.17) is 21.4 Å². The van der Waals surface area contributed by atoms with Gasteiger partial charge in [-0.25, -0.2) is 4.79 Å². The van der Waals surface area contributed by atoms with Gasteiger partial charge in [0.05, 0.1) is 15.8 Å². The third-order valence-corrected chi connectivity index (χ3v) is 6.01. The second-order valence-corrected chi connectivity index (χ2v) is 8.62. The van der Waals surface area contributed by atoms with Crippen molar-refractivity contribution < 1.29 is 19.4 Å². The molecule has 2 unspecified atom stereocenters. The first-order chi connectivity index (χ1) is 15.3. The minimum atomic E-state index is -1.02. The van der Waals surface area contributed by atoms with Crippen molar-refractivity contribution in [2.45, 2.75) is 43.8 Å². The second-order valence-electron chi connectivity index (χ2n) is 6.91. The zero-order valence-corrected chi connectivity index (χ0v) is 19.4. The lowest BCUT2D eigenvalue weighted by atomic mass is 10.2. The van der Waals surface area contributed by atoms with Crippen LogP contribution < -0.4 is 10.1 Å². The van der Waals surface area contributed by atoms with Crippen LogP contribution in [-0.2, 0) is 11.3 Å². The zero-order chi connectivity index (χ0) is 23.3. The Morgan fingerprint density at radius 1 is 1.16 bits per heavy atom. The fourth-order valence-corrected chi connectivity index (χ4v) is 4.02. The predicted octanol–water partition coefficient (Wildman–Crippen LogP) is 4.91. The van der Waals surface area contributed by atoms with Crippen LogP contribution in [0.15, 0.2) is 53.7 Å². The van der Waals surface area contributed by atoms with Crippen molar-refractivity contribution in [2.75, 3.05) is 5.32 Å². The van der Waals surface area contributed by atoms with Crippen LogP contribution in [0.1, 0.15) is 43.1 Å². The predicted molar refractivity (Wildman–Crippen MR) is 124 cm³/mol. The molecule has 1 amide bonds. The maximum atomic E-state index is 12.6. The summed E-state index contributed by atoms with van der Waals surface area (Å²) in [5.74, 6) is -0.0603. The van der Waals surface area contributed by atoms with E-state index in [1.165, 1.54) is 23.9 Å². The smallest absolute Gasteiger partial charge is 0.335 e. The highest BCUT2D eigenvalue weighted by molar-refractivity contribution is 8.00. The average Bonchev–Trinajstić information content (AvgIpc) is 3.18. The van der Waals surface area contributed by atoms with E-state index in [9.17, 15) is 9.59 Å². The van der Waals surface area contributed by atoms with Gasteiger partial charge in [0.25, 0.3) is 0 Å². The molecule has 0 aliphatic carbocycles. The first kappa shape index (κ1) is 23.6. The van der Waals surface area contributed by atoms with Gasteiger partial charge in [-0.3, -0.25) is 4.79 Å². The van der Waals surface area contributed by atoms with Gasteiger partial charge < -0.3 is 19.7 Å². The number of rotatable bonds is 9. The third kappa shape index (κ3) is 5.60. The van der Waals surface area contributed by atoms with E-state index in [-0.39, 0.29) is 11.5 Å². The number of carbonyl (C=O) groups excluding carboxylic acids is 1. The van der Waals surface area contributed by atoms with Crippen molar-refractivity contribution in [1.82, 2.24) is 14.8 Å². The molecular formula is C22H23ClN4O4S. The van der Waals surface area contributed by atoms with Gasteiger partial charge >= 0.3 is 5.97 Å². The number of ether oxygens (including phenoxy) is 1. The van der Waals surface area contributed by atoms with Gasteiger partial charge in [-0.1, -0.05) is 35.5 Å². The van der Waals surface area contributed by atoms with Crippen molar-refractivity contribution in [3.8, 4) is 5.75 Å². The van der Waals surface area contributed by atoms with E-state index in [1.54, 1.807) is 31.2 Å². The normalized spacial score (nSPS) is 12.8. The van der Waals surface area contributed by atoms with E-state index in [1.807, 2.05) is 30.5 Å². The quantitative estimate of drug-likeness (QED) is 0.424. The fourth-order valence-electron chi connectivity index (χ4n) is 2.92. The Morgan fingerprint density at radius 3 is 2.47 bits per heavy atom. The van der Waals surface area contributed by atoms with Crippen LogP contribution in [0.25, 0.3) is 0 Å². The van der Waals surface area contributed by atoms with Crippen molar-refractivity contribution >= 4 is 40.9 Å². The molecule has 8 nitrogen and oxygen atoms in total. The third-order valence-electron chi connectivity index (χ3n) is 4.62. The number of amides is 1. The molecule has 10 heteroatoms. The lowest BCUT2D eigenvalue weighted by Crippen LogP contribution is -2.23. The largest absolute Gasteiger partial charge is 0.481 e. The van der Waals surface area contributed by atoms with Crippen LogP contribution in [0.2, 0.25) is 5.02 Å². The standard InChI is InChI=1S/C22H23ClN4O4S/c1-4-27-19(13(2)31-18-8-6-5-7-17(18)23)25-26-22(27)32-14(3)20(28)24-16-11-9-15(10-12-16)21(29)30/h5-14H,4H2,1-3H3,(H,24,28)(H,29,30). The van der Waals surface area contributed by atoms with E-state index < -0.39 is 17.3 Å². The monoisotopic (exact) mass is 474 g/mol. The summed E-state index contributed by atoms with van der Waals surface area (Å²) in [4.78, 5) is 23.6. The number of aromatic carboxylic acids is 1. The number of aromatic nitrogens is 3. The number of hydrogen-bond acceptors (Lipinski definition) is 6. The minimum absolute atomic E-state index is 0.155. The molecule has 168 valence electrons. The Balaban J connectivity index is 1.67. The molecule has 2 N–H and O–H groups in total. The molecule has 3 aromatic rings. The number of thioether (sulfide) groups is 1. The van der Waals surface area contributed by atoms with Gasteiger partial charge in [-0.2, -0.15) is 0 Å². The van der Waals surface area contributed by atoms with E-state index >= 15 is 0 Å². The molecule has 32 heavy (non-hydrogen) atoms. The Bertz CT molecular complexity index is 1100. The number of nitrogens with one attached hydrogen (secondary N) is 1. The summed E-state index contributed by atoms with van der Waals surface area (Å²) >= 11 is 7.46. The van der Waals surface area contributed by atoms with Gasteiger partial charge in [-0.05, 0) is 57.2 Å². The van der Waals surface area contributed by atoms with Crippen molar-refractivity contribution in [3.05, 3.63) is 64.9 Å². The molecule has 0 bridgehead atoms. The van der Waals surface area contributed by atoms with Crippen LogP contribution in [0, 0.1) is 0 Å². The molecular weight excluding hydrogens is 452 g/mol. The number of nitrogens with zero attached hydrogens (tertiary/aromatic N) is 3. The second kappa shape index (κ2) is 10.5. The lowest BCUT2D eigenvalue weighted by molar-refractivity contribution is -0.115. The fraction of sp³-hybridized carbons (Fsp3) is 0.273. The van der Waals surface area contributed by atoms with E-state index in [0.29, 0.717) is 34.0 Å². The molecule has 0 fully saturated rings. The first-order valence-electron chi connectivity index (χ1n) is 9.95. The summed E-state index contributed by atoms with van der Waals surface area (Å²) in [5, 5.41) is 20.9. The highest BCUT2D eigenvalue weighted by atomic mass is 35.5. The number of carboxylic acid groups (broad SMARTS) is 1. The lowest BCUT2D eigenvalue weighted by Gasteiger charge is -2.17. The van der Waals surface area contributed by atoms with Crippen LogP contribution in [0.4, 0.5) is 5.69 Å². The van der Waals surface area contributed by atoms with Crippen molar-refractivity contribution in [1.29, 1.82) is 0 Å². The number of halogens is 1. The average molecular weight is 475 g/mol. The van der Waals surface area contributed by atoms with Crippen molar-refractivity contribution in [2.24, 2.45) is 0 Å². The SMILES string of the molecule is CCn1c(SC(C)C(=O)Nc2ccc(C(=O)O)cc2)nnc1C(C)Oc1ccccc1Cl. The molecule has 0 aliphatic heterocycles. The Kier molecular flexibility index (Phi) is 7.76. The van der Waals surface area contributed by atoms with Crippen LogP contribution in [0.3, 0.4) is 0 Å². The molecule has 1 heterocycles. The number of para-hydroxylation sites is 1. The summed E-state index contributed by atoms with van der Waals surface area (Å²) in [6.07, 6.45) is -0.395. The van der Waals surface area contributed by atoms with Crippen LogP contribution in [0.5, 0.6) is 5.75 Å².